The van der Waals surface area contributed by atoms with E-state index in [1.807, 2.05) is 42.5 Å². The number of rotatable bonds is 10. The van der Waals surface area contributed by atoms with Gasteiger partial charge in [-0.15, -0.1) is 24.0 Å². The summed E-state index contributed by atoms with van der Waals surface area (Å²) in [5.74, 6) is 2.20. The number of guanidine groups is 1. The van der Waals surface area contributed by atoms with Gasteiger partial charge in [0, 0.05) is 29.3 Å². The minimum absolute atomic E-state index is 0. The number of ether oxygens (including phenoxy) is 1. The Balaban J connectivity index is 0.00000363. The van der Waals surface area contributed by atoms with Gasteiger partial charge in [0.05, 0.1) is 30.5 Å². The predicted octanol–water partition coefficient (Wildman–Crippen LogP) is 3.81. The molecule has 8 heteroatoms. The third-order valence-electron chi connectivity index (χ3n) is 5.43. The number of nitrogens with one attached hydrogen (secondary N) is 2. The topological polar surface area (TPSA) is 66.0 Å². The number of hydrogen-bond donors (Lipinski definition) is 2. The summed E-state index contributed by atoms with van der Waals surface area (Å²) < 4.78 is 18.1. The molecule has 1 saturated heterocycles. The molecule has 2 atom stereocenters. The molecule has 2 aromatic rings. The van der Waals surface area contributed by atoms with Crippen LogP contribution in [0, 0.1) is 0 Å². The maximum Gasteiger partial charge on any atom is 0.191 e. The lowest BCUT2D eigenvalue weighted by Gasteiger charge is -2.28. The fraction of sp³-hybridized carbons (Fsp3) is 0.458. The van der Waals surface area contributed by atoms with E-state index in [2.05, 4.69) is 34.6 Å². The largest absolute Gasteiger partial charge is 0.496 e. The van der Waals surface area contributed by atoms with E-state index >= 15 is 0 Å². The molecule has 0 aromatic heterocycles. The maximum absolute atomic E-state index is 12.5. The average molecular weight is 571 g/mol. The standard InChI is InChI=1S/C24H34N4O2S.HI/c1-3-25-24(26-15-18-31(29)20-11-5-4-6-12-20)27-19-22(28-16-9-10-17-28)21-13-7-8-14-23(21)30-2;/h4-8,11-14,22H,3,9-10,15-19H2,1-2H3,(H2,25,26,27);1H. The highest BCUT2D eigenvalue weighted by atomic mass is 127. The number of halogens is 1. The van der Waals surface area contributed by atoms with Crippen LogP contribution in [0.3, 0.4) is 0 Å². The van der Waals surface area contributed by atoms with E-state index in [0.717, 1.165) is 36.2 Å². The van der Waals surface area contributed by atoms with Gasteiger partial charge in [0.25, 0.3) is 0 Å². The molecule has 0 spiro atoms. The van der Waals surface area contributed by atoms with Crippen molar-refractivity contribution in [2.75, 3.05) is 45.6 Å². The van der Waals surface area contributed by atoms with Crippen LogP contribution in [0.5, 0.6) is 5.75 Å². The number of para-hydroxylation sites is 1. The molecule has 0 aliphatic carbocycles. The Labute approximate surface area is 211 Å². The maximum atomic E-state index is 12.5. The first-order valence-corrected chi connectivity index (χ1v) is 12.4. The van der Waals surface area contributed by atoms with E-state index in [1.165, 1.54) is 18.4 Å². The quantitative estimate of drug-likeness (QED) is 0.259. The van der Waals surface area contributed by atoms with E-state index in [4.69, 9.17) is 9.73 Å². The SMILES string of the molecule is CCNC(=NCC(c1ccccc1OC)N1CCCC1)NCCS(=O)c1ccccc1.I. The van der Waals surface area contributed by atoms with Crippen LogP contribution in [-0.4, -0.2) is 60.7 Å². The second kappa shape index (κ2) is 14.5. The molecule has 0 bridgehead atoms. The lowest BCUT2D eigenvalue weighted by Crippen LogP contribution is -2.40. The van der Waals surface area contributed by atoms with Crippen molar-refractivity contribution in [1.29, 1.82) is 0 Å². The highest BCUT2D eigenvalue weighted by Gasteiger charge is 2.25. The number of hydrogen-bond acceptors (Lipinski definition) is 4. The summed E-state index contributed by atoms with van der Waals surface area (Å²) in [6, 6.07) is 18.0. The van der Waals surface area contributed by atoms with Gasteiger partial charge >= 0.3 is 0 Å². The Hall–Kier alpha value is -1.65. The third kappa shape index (κ3) is 7.74. The zero-order valence-electron chi connectivity index (χ0n) is 19.0. The highest BCUT2D eigenvalue weighted by molar-refractivity contribution is 14.0. The van der Waals surface area contributed by atoms with Crippen LogP contribution in [0.4, 0.5) is 0 Å². The van der Waals surface area contributed by atoms with E-state index in [-0.39, 0.29) is 30.0 Å². The van der Waals surface area contributed by atoms with Crippen LogP contribution in [-0.2, 0) is 10.8 Å². The van der Waals surface area contributed by atoms with Crippen molar-refractivity contribution in [3.63, 3.8) is 0 Å². The van der Waals surface area contributed by atoms with Crippen molar-refractivity contribution >= 4 is 40.7 Å². The number of likely N-dealkylation sites (tertiary alicyclic amines) is 1. The zero-order chi connectivity index (χ0) is 21.9. The predicted molar refractivity (Wildman–Crippen MR) is 144 cm³/mol. The minimum Gasteiger partial charge on any atom is -0.496 e. The average Bonchev–Trinajstić information content (AvgIpc) is 3.34. The van der Waals surface area contributed by atoms with Gasteiger partial charge in [-0.2, -0.15) is 0 Å². The Kier molecular flexibility index (Phi) is 12.0. The Morgan fingerprint density at radius 1 is 1.09 bits per heavy atom. The first-order chi connectivity index (χ1) is 15.2. The van der Waals surface area contributed by atoms with E-state index < -0.39 is 10.8 Å². The Bertz CT molecular complexity index is 860. The number of methoxy groups -OCH3 is 1. The molecular formula is C24H35IN4O2S. The fourth-order valence-electron chi connectivity index (χ4n) is 3.88. The molecule has 2 N–H and O–H groups in total. The first kappa shape index (κ1) is 26.6. The monoisotopic (exact) mass is 570 g/mol. The second-order valence-corrected chi connectivity index (χ2v) is 9.08. The summed E-state index contributed by atoms with van der Waals surface area (Å²) in [5.41, 5.74) is 1.18. The van der Waals surface area contributed by atoms with Gasteiger partial charge in [-0.05, 0) is 51.1 Å². The van der Waals surface area contributed by atoms with Gasteiger partial charge in [-0.25, -0.2) is 0 Å². The summed E-state index contributed by atoms with van der Waals surface area (Å²) >= 11 is 0. The van der Waals surface area contributed by atoms with E-state index in [9.17, 15) is 4.21 Å². The van der Waals surface area contributed by atoms with Crippen LogP contribution >= 0.6 is 24.0 Å². The highest BCUT2D eigenvalue weighted by Crippen LogP contribution is 2.31. The number of nitrogens with zero attached hydrogens (tertiary/aromatic N) is 2. The normalized spacial score (nSPS) is 16.1. The zero-order valence-corrected chi connectivity index (χ0v) is 22.1. The molecule has 0 amide bonds. The molecule has 1 aliphatic heterocycles. The van der Waals surface area contributed by atoms with Crippen molar-refractivity contribution in [3.05, 3.63) is 60.2 Å². The van der Waals surface area contributed by atoms with Crippen LogP contribution in [0.15, 0.2) is 64.5 Å². The second-order valence-electron chi connectivity index (χ2n) is 7.51. The van der Waals surface area contributed by atoms with Crippen molar-refractivity contribution in [2.24, 2.45) is 4.99 Å². The van der Waals surface area contributed by atoms with Crippen LogP contribution in [0.2, 0.25) is 0 Å². The minimum atomic E-state index is -1.02. The van der Waals surface area contributed by atoms with Crippen molar-refractivity contribution in [3.8, 4) is 5.75 Å². The third-order valence-corrected chi connectivity index (χ3v) is 6.80. The smallest absolute Gasteiger partial charge is 0.191 e. The molecule has 0 saturated carbocycles. The molecule has 2 unspecified atom stereocenters. The molecule has 176 valence electrons. The van der Waals surface area contributed by atoms with Gasteiger partial charge in [-0.1, -0.05) is 36.4 Å². The van der Waals surface area contributed by atoms with Gasteiger partial charge < -0.3 is 15.4 Å². The summed E-state index contributed by atoms with van der Waals surface area (Å²) in [5, 5.41) is 6.66. The molecule has 2 aromatic carbocycles. The molecule has 1 heterocycles. The number of aliphatic imine (C=N–C) groups is 1. The molecule has 6 nitrogen and oxygen atoms in total. The van der Waals surface area contributed by atoms with Gasteiger partial charge in [0.15, 0.2) is 5.96 Å². The van der Waals surface area contributed by atoms with E-state index in [0.29, 0.717) is 18.8 Å². The van der Waals surface area contributed by atoms with Crippen LogP contribution in [0.25, 0.3) is 0 Å². The summed E-state index contributed by atoms with van der Waals surface area (Å²) in [4.78, 5) is 8.23. The molecular weight excluding hydrogens is 535 g/mol. The Morgan fingerprint density at radius 2 is 1.78 bits per heavy atom. The van der Waals surface area contributed by atoms with Crippen LogP contribution in [0.1, 0.15) is 31.4 Å². The van der Waals surface area contributed by atoms with Crippen molar-refractivity contribution < 1.29 is 8.95 Å². The van der Waals surface area contributed by atoms with Crippen LogP contribution < -0.4 is 15.4 Å². The van der Waals surface area contributed by atoms with E-state index in [1.54, 1.807) is 7.11 Å². The van der Waals surface area contributed by atoms with Gasteiger partial charge in [0.1, 0.15) is 5.75 Å². The summed E-state index contributed by atoms with van der Waals surface area (Å²) in [6.07, 6.45) is 2.44. The molecule has 3 rings (SSSR count). The van der Waals surface area contributed by atoms with Crippen molar-refractivity contribution in [1.82, 2.24) is 15.5 Å². The molecule has 1 fully saturated rings. The van der Waals surface area contributed by atoms with Gasteiger partial charge in [-0.3, -0.25) is 14.1 Å². The lowest BCUT2D eigenvalue weighted by atomic mass is 10.0. The molecule has 32 heavy (non-hydrogen) atoms. The van der Waals surface area contributed by atoms with Crippen molar-refractivity contribution in [2.45, 2.75) is 30.7 Å². The summed E-state index contributed by atoms with van der Waals surface area (Å²) in [7, 11) is 0.701. The molecule has 1 aliphatic rings. The summed E-state index contributed by atoms with van der Waals surface area (Å²) in [6.45, 7) is 6.22. The number of benzene rings is 2. The Morgan fingerprint density at radius 3 is 2.47 bits per heavy atom. The fourth-order valence-corrected chi connectivity index (χ4v) is 4.86. The lowest BCUT2D eigenvalue weighted by molar-refractivity contribution is 0.245. The first-order valence-electron chi connectivity index (χ1n) is 11.1. The molecule has 0 radical (unpaired) electrons. The van der Waals surface area contributed by atoms with Gasteiger partial charge in [0.2, 0.25) is 0 Å².